The number of hydrazone groups is 1. The molecule has 1 aliphatic rings. The Labute approximate surface area is 194 Å². The first-order valence-corrected chi connectivity index (χ1v) is 12.0. The Bertz CT molecular complexity index is 1190. The normalized spacial score (nSPS) is 15.5. The maximum absolute atomic E-state index is 12.8. The number of rotatable bonds is 7. The number of methoxy groups -OCH3 is 1. The number of piperidine rings is 1. The number of nitrogens with zero attached hydrogens (tertiary/aromatic N) is 3. The Balaban J connectivity index is 1.68. The third-order valence-corrected chi connectivity index (χ3v) is 7.25. The zero-order chi connectivity index (χ0) is 23.8. The van der Waals surface area contributed by atoms with Crippen molar-refractivity contribution in [2.24, 2.45) is 5.10 Å². The van der Waals surface area contributed by atoms with Crippen LogP contribution in [0.1, 0.15) is 37.3 Å². The predicted molar refractivity (Wildman–Crippen MR) is 126 cm³/mol. The Hall–Kier alpha value is -3.48. The average Bonchev–Trinajstić information content (AvgIpc) is 2.86. The Morgan fingerprint density at radius 3 is 2.30 bits per heavy atom. The molecule has 33 heavy (non-hydrogen) atoms. The molecule has 2 aromatic carbocycles. The van der Waals surface area contributed by atoms with Crippen LogP contribution in [-0.4, -0.2) is 44.5 Å². The minimum Gasteiger partial charge on any atom is -0.497 e. The number of hydrogen-bond donors (Lipinski definition) is 1. The Morgan fingerprint density at radius 1 is 1.09 bits per heavy atom. The molecule has 0 aromatic heterocycles. The Kier molecular flexibility index (Phi) is 7.98. The van der Waals surface area contributed by atoms with E-state index in [1.54, 1.807) is 62.6 Å². The number of ether oxygens (including phenoxy) is 1. The molecule has 1 saturated heterocycles. The molecule has 1 N–H and O–H groups in total. The van der Waals surface area contributed by atoms with E-state index in [1.165, 1.54) is 10.4 Å². The highest BCUT2D eigenvalue weighted by molar-refractivity contribution is 7.89. The molecule has 1 heterocycles. The maximum atomic E-state index is 12.8. The summed E-state index contributed by atoms with van der Waals surface area (Å²) in [4.78, 5) is 12.6. The zero-order valence-electron chi connectivity index (χ0n) is 18.6. The monoisotopic (exact) mass is 466 g/mol. The molecule has 1 amide bonds. The molecule has 0 unspecified atom stereocenters. The summed E-state index contributed by atoms with van der Waals surface area (Å²) < 4.78 is 32.2. The molecule has 0 bridgehead atoms. The molecule has 9 heteroatoms. The van der Waals surface area contributed by atoms with Gasteiger partial charge in [0.1, 0.15) is 17.4 Å². The van der Waals surface area contributed by atoms with E-state index in [0.29, 0.717) is 35.7 Å². The highest BCUT2D eigenvalue weighted by Crippen LogP contribution is 2.21. The van der Waals surface area contributed by atoms with E-state index >= 15 is 0 Å². The van der Waals surface area contributed by atoms with E-state index in [2.05, 4.69) is 10.5 Å². The van der Waals surface area contributed by atoms with Gasteiger partial charge in [0.15, 0.2) is 0 Å². The van der Waals surface area contributed by atoms with E-state index in [0.717, 1.165) is 19.3 Å². The van der Waals surface area contributed by atoms with Gasteiger partial charge in [0.2, 0.25) is 10.0 Å². The lowest BCUT2D eigenvalue weighted by atomic mass is 10.1. The summed E-state index contributed by atoms with van der Waals surface area (Å²) in [6.07, 6.45) is 4.26. The number of sulfonamides is 1. The molecule has 2 aromatic rings. The second-order valence-corrected chi connectivity index (χ2v) is 9.51. The van der Waals surface area contributed by atoms with Crippen LogP contribution < -0.4 is 10.2 Å². The third kappa shape index (κ3) is 6.06. The van der Waals surface area contributed by atoms with Crippen LogP contribution in [0.3, 0.4) is 0 Å². The first-order chi connectivity index (χ1) is 15.8. The van der Waals surface area contributed by atoms with Gasteiger partial charge in [-0.1, -0.05) is 30.7 Å². The number of nitriles is 1. The summed E-state index contributed by atoms with van der Waals surface area (Å²) in [6.45, 7) is 2.78. The van der Waals surface area contributed by atoms with Gasteiger partial charge >= 0.3 is 0 Å². The van der Waals surface area contributed by atoms with Gasteiger partial charge in [-0.15, -0.1) is 0 Å². The number of carbonyl (C=O) groups is 1. The van der Waals surface area contributed by atoms with Crippen LogP contribution in [0.4, 0.5) is 0 Å². The minimum absolute atomic E-state index is 0.0975. The van der Waals surface area contributed by atoms with Crippen molar-refractivity contribution in [2.45, 2.75) is 31.1 Å². The lowest BCUT2D eigenvalue weighted by Gasteiger charge is -2.25. The lowest BCUT2D eigenvalue weighted by Crippen LogP contribution is -2.35. The molecule has 0 saturated carbocycles. The standard InChI is InChI=1S/C24H26N4O4S/c1-18(20-8-12-23(13-9-20)33(30,31)28-14-4-3-5-15-28)26-27-24(29)21(17-25)16-19-6-10-22(32-2)11-7-19/h6-13,16H,3-5,14-15H2,1-2H3,(H,27,29)/b21-16+,26-18+. The fourth-order valence-electron chi connectivity index (χ4n) is 3.40. The molecule has 1 aliphatic heterocycles. The van der Waals surface area contributed by atoms with Crippen molar-refractivity contribution in [1.82, 2.24) is 9.73 Å². The van der Waals surface area contributed by atoms with Gasteiger partial charge in [-0.3, -0.25) is 4.79 Å². The van der Waals surface area contributed by atoms with Crippen molar-refractivity contribution >= 4 is 27.7 Å². The summed E-state index contributed by atoms with van der Waals surface area (Å²) in [7, 11) is -1.95. The van der Waals surface area contributed by atoms with Crippen LogP contribution in [0, 0.1) is 11.3 Å². The number of benzene rings is 2. The topological polar surface area (TPSA) is 112 Å². The molecular weight excluding hydrogens is 440 g/mol. The van der Waals surface area contributed by atoms with Crippen LogP contribution in [0.15, 0.2) is 64.1 Å². The molecule has 0 aliphatic carbocycles. The second-order valence-electron chi connectivity index (χ2n) is 7.57. The smallest absolute Gasteiger partial charge is 0.282 e. The third-order valence-electron chi connectivity index (χ3n) is 5.34. The van der Waals surface area contributed by atoms with Gasteiger partial charge in [0.05, 0.1) is 17.7 Å². The van der Waals surface area contributed by atoms with E-state index in [9.17, 15) is 18.5 Å². The summed E-state index contributed by atoms with van der Waals surface area (Å²) in [6, 6.07) is 15.2. The first-order valence-electron chi connectivity index (χ1n) is 10.6. The highest BCUT2D eigenvalue weighted by Gasteiger charge is 2.25. The minimum atomic E-state index is -3.51. The van der Waals surface area contributed by atoms with Gasteiger partial charge in [-0.05, 0) is 61.2 Å². The van der Waals surface area contributed by atoms with Crippen molar-refractivity contribution in [3.8, 4) is 11.8 Å². The van der Waals surface area contributed by atoms with E-state index in [4.69, 9.17) is 4.74 Å². The Morgan fingerprint density at radius 2 is 1.73 bits per heavy atom. The number of hydrogen-bond acceptors (Lipinski definition) is 6. The SMILES string of the molecule is COc1ccc(/C=C(\C#N)C(=O)N/N=C(\C)c2ccc(S(=O)(=O)N3CCCCC3)cc2)cc1. The zero-order valence-corrected chi connectivity index (χ0v) is 19.4. The summed E-state index contributed by atoms with van der Waals surface area (Å²) >= 11 is 0. The van der Waals surface area contributed by atoms with E-state index in [1.807, 2.05) is 6.07 Å². The number of carbonyl (C=O) groups excluding carboxylic acids is 1. The summed E-state index contributed by atoms with van der Waals surface area (Å²) in [5, 5.41) is 13.4. The van der Waals surface area contributed by atoms with E-state index in [-0.39, 0.29) is 10.5 Å². The van der Waals surface area contributed by atoms with Gasteiger partial charge in [0, 0.05) is 13.1 Å². The van der Waals surface area contributed by atoms with Crippen molar-refractivity contribution < 1.29 is 17.9 Å². The van der Waals surface area contributed by atoms with Crippen LogP contribution in [0.25, 0.3) is 6.08 Å². The molecular formula is C24H26N4O4S. The van der Waals surface area contributed by atoms with Crippen molar-refractivity contribution in [2.75, 3.05) is 20.2 Å². The lowest BCUT2D eigenvalue weighted by molar-refractivity contribution is -0.117. The summed E-state index contributed by atoms with van der Waals surface area (Å²) in [5.41, 5.74) is 4.09. The maximum Gasteiger partial charge on any atom is 0.282 e. The van der Waals surface area contributed by atoms with Gasteiger partial charge in [-0.2, -0.15) is 14.7 Å². The molecule has 172 valence electrons. The average molecular weight is 467 g/mol. The van der Waals surface area contributed by atoms with Crippen molar-refractivity contribution in [1.29, 1.82) is 5.26 Å². The molecule has 8 nitrogen and oxygen atoms in total. The highest BCUT2D eigenvalue weighted by atomic mass is 32.2. The summed E-state index contributed by atoms with van der Waals surface area (Å²) in [5.74, 6) is 0.0297. The quantitative estimate of drug-likeness (QED) is 0.291. The van der Waals surface area contributed by atoms with Gasteiger partial charge in [0.25, 0.3) is 5.91 Å². The number of nitrogens with one attached hydrogen (secondary N) is 1. The predicted octanol–water partition coefficient (Wildman–Crippen LogP) is 3.32. The van der Waals surface area contributed by atoms with Crippen LogP contribution in [0.2, 0.25) is 0 Å². The largest absolute Gasteiger partial charge is 0.497 e. The molecule has 0 spiro atoms. The first kappa shape index (κ1) is 24.2. The number of amides is 1. The fraction of sp³-hybridized carbons (Fsp3) is 0.292. The fourth-order valence-corrected chi connectivity index (χ4v) is 4.91. The molecule has 3 rings (SSSR count). The van der Waals surface area contributed by atoms with Crippen molar-refractivity contribution in [3.05, 3.63) is 65.2 Å². The molecule has 0 atom stereocenters. The van der Waals surface area contributed by atoms with Crippen LogP contribution in [-0.2, 0) is 14.8 Å². The van der Waals surface area contributed by atoms with Gasteiger partial charge in [-0.25, -0.2) is 13.8 Å². The van der Waals surface area contributed by atoms with Crippen LogP contribution in [0.5, 0.6) is 5.75 Å². The van der Waals surface area contributed by atoms with Crippen LogP contribution >= 0.6 is 0 Å². The van der Waals surface area contributed by atoms with Crippen molar-refractivity contribution in [3.63, 3.8) is 0 Å². The van der Waals surface area contributed by atoms with Gasteiger partial charge < -0.3 is 4.74 Å². The molecule has 0 radical (unpaired) electrons. The molecule has 1 fully saturated rings. The second kappa shape index (κ2) is 10.9. The van der Waals surface area contributed by atoms with E-state index < -0.39 is 15.9 Å².